The molecule has 0 saturated heterocycles. The van der Waals surface area contributed by atoms with E-state index in [1.165, 1.54) is 29.5 Å². The first-order valence-electron chi connectivity index (χ1n) is 6.98. The fourth-order valence-electron chi connectivity index (χ4n) is 2.88. The highest BCUT2D eigenvalue weighted by Crippen LogP contribution is 2.38. The lowest BCUT2D eigenvalue weighted by Gasteiger charge is -2.29. The minimum absolute atomic E-state index is 0.122. The van der Waals surface area contributed by atoms with Crippen molar-refractivity contribution in [3.63, 3.8) is 0 Å². The lowest BCUT2D eigenvalue weighted by atomic mass is 10.0. The molecule has 0 radical (unpaired) electrons. The van der Waals surface area contributed by atoms with Crippen molar-refractivity contribution in [2.24, 2.45) is 0 Å². The van der Waals surface area contributed by atoms with Crippen molar-refractivity contribution >= 4 is 22.7 Å². The van der Waals surface area contributed by atoms with Gasteiger partial charge in [-0.15, -0.1) is 16.4 Å². The zero-order chi connectivity index (χ0) is 16.8. The van der Waals surface area contributed by atoms with Crippen LogP contribution in [0.3, 0.4) is 0 Å². The van der Waals surface area contributed by atoms with Crippen molar-refractivity contribution in [2.75, 3.05) is 0 Å². The van der Waals surface area contributed by atoms with E-state index in [-0.39, 0.29) is 5.69 Å². The van der Waals surface area contributed by atoms with E-state index in [9.17, 15) is 20.5 Å². The van der Waals surface area contributed by atoms with Gasteiger partial charge in [-0.2, -0.15) is 4.74 Å². The van der Waals surface area contributed by atoms with Crippen LogP contribution in [-0.4, -0.2) is 31.7 Å². The van der Waals surface area contributed by atoms with Crippen molar-refractivity contribution < 1.29 is 14.9 Å². The fourth-order valence-corrected chi connectivity index (χ4v) is 3.72. The lowest BCUT2D eigenvalue weighted by molar-refractivity contribution is -0.595. The highest BCUT2D eigenvalue weighted by atomic mass is 32.1. The molecule has 0 unspecified atom stereocenters. The van der Waals surface area contributed by atoms with Crippen molar-refractivity contribution in [1.82, 2.24) is 5.06 Å². The van der Waals surface area contributed by atoms with Gasteiger partial charge >= 0.3 is 0 Å². The molecule has 2 aromatic rings. The highest BCUT2D eigenvalue weighted by molar-refractivity contribution is 7.12. The Labute approximate surface area is 136 Å². The molecule has 1 aromatic carbocycles. The second-order valence-electron chi connectivity index (χ2n) is 5.51. The zero-order valence-electron chi connectivity index (χ0n) is 12.5. The predicted molar refractivity (Wildman–Crippen MR) is 85.6 cm³/mol. The van der Waals surface area contributed by atoms with Crippen molar-refractivity contribution in [3.05, 3.63) is 67.5 Å². The third-order valence-electron chi connectivity index (χ3n) is 4.20. The number of hydroxylamine groups is 3. The largest absolute Gasteiger partial charge is 0.622 e. The topological polar surface area (TPSA) is 92.7 Å². The van der Waals surface area contributed by atoms with Gasteiger partial charge < -0.3 is 10.4 Å². The molecule has 1 aliphatic heterocycles. The van der Waals surface area contributed by atoms with Crippen LogP contribution in [-0.2, 0) is 5.66 Å². The number of non-ortho nitro benzene ring substituents is 1. The molecule has 3 rings (SSSR count). The van der Waals surface area contributed by atoms with E-state index in [2.05, 4.69) is 0 Å². The van der Waals surface area contributed by atoms with E-state index in [1.54, 1.807) is 19.9 Å². The molecular weight excluding hydrogens is 318 g/mol. The van der Waals surface area contributed by atoms with Gasteiger partial charge in [0.25, 0.3) is 11.4 Å². The van der Waals surface area contributed by atoms with Gasteiger partial charge in [-0.25, -0.2) is 0 Å². The minimum atomic E-state index is -1.43. The van der Waals surface area contributed by atoms with Gasteiger partial charge in [0, 0.05) is 24.6 Å². The Morgan fingerprint density at radius 3 is 2.74 bits per heavy atom. The normalized spacial score (nSPS) is 25.1. The maximum Gasteiger partial charge on any atom is 0.274 e. The van der Waals surface area contributed by atoms with E-state index >= 15 is 0 Å². The van der Waals surface area contributed by atoms with Crippen LogP contribution < -0.4 is 0 Å². The van der Waals surface area contributed by atoms with Crippen LogP contribution in [0.25, 0.3) is 0 Å². The molecule has 120 valence electrons. The van der Waals surface area contributed by atoms with Crippen LogP contribution >= 0.6 is 11.3 Å². The van der Waals surface area contributed by atoms with Gasteiger partial charge in [0.1, 0.15) is 6.04 Å². The van der Waals surface area contributed by atoms with Crippen LogP contribution in [0, 0.1) is 15.3 Å². The van der Waals surface area contributed by atoms with E-state index in [0.29, 0.717) is 11.3 Å². The summed E-state index contributed by atoms with van der Waals surface area (Å²) in [6.07, 6.45) is 0. The third-order valence-corrected chi connectivity index (χ3v) is 5.09. The number of benzene rings is 1. The smallest absolute Gasteiger partial charge is 0.274 e. The summed E-state index contributed by atoms with van der Waals surface area (Å²) in [5.41, 5.74) is -0.744. The first-order valence-corrected chi connectivity index (χ1v) is 7.86. The Kier molecular flexibility index (Phi) is 3.67. The maximum atomic E-state index is 12.9. The predicted octanol–water partition coefficient (Wildman–Crippen LogP) is 2.92. The molecule has 1 aromatic heterocycles. The molecule has 2 heterocycles. The van der Waals surface area contributed by atoms with Crippen LogP contribution in [0.5, 0.6) is 0 Å². The van der Waals surface area contributed by atoms with Crippen molar-refractivity contribution in [3.8, 4) is 0 Å². The first kappa shape index (κ1) is 15.6. The number of nitro groups is 1. The molecule has 0 fully saturated rings. The zero-order valence-corrected chi connectivity index (χ0v) is 13.4. The molecule has 1 N–H and O–H groups in total. The second kappa shape index (κ2) is 5.41. The van der Waals surface area contributed by atoms with Crippen molar-refractivity contribution in [1.29, 1.82) is 0 Å². The monoisotopic (exact) mass is 333 g/mol. The average Bonchev–Trinajstić information content (AvgIpc) is 3.12. The Balaban J connectivity index is 2.17. The average molecular weight is 333 g/mol. The molecule has 0 bridgehead atoms. The van der Waals surface area contributed by atoms with Crippen LogP contribution in [0.15, 0.2) is 41.8 Å². The van der Waals surface area contributed by atoms with Gasteiger partial charge in [0.2, 0.25) is 5.71 Å². The summed E-state index contributed by atoms with van der Waals surface area (Å²) < 4.78 is 0.739. The molecular formula is C15H15N3O4S. The van der Waals surface area contributed by atoms with Crippen LogP contribution in [0.2, 0.25) is 0 Å². The molecule has 23 heavy (non-hydrogen) atoms. The molecule has 0 saturated carbocycles. The van der Waals surface area contributed by atoms with E-state index in [4.69, 9.17) is 0 Å². The minimum Gasteiger partial charge on any atom is -0.622 e. The summed E-state index contributed by atoms with van der Waals surface area (Å²) in [5.74, 6) is 0. The number of hydrogen-bond acceptors (Lipinski definition) is 6. The van der Waals surface area contributed by atoms with Gasteiger partial charge in [-0.05, 0) is 24.4 Å². The number of nitro benzene ring substituents is 1. The van der Waals surface area contributed by atoms with Crippen LogP contribution in [0.1, 0.15) is 24.3 Å². The molecule has 8 heteroatoms. The van der Waals surface area contributed by atoms with Gasteiger partial charge in [0.05, 0.1) is 9.80 Å². The Morgan fingerprint density at radius 1 is 1.39 bits per heavy atom. The summed E-state index contributed by atoms with van der Waals surface area (Å²) >= 11 is 1.41. The molecule has 7 nitrogen and oxygen atoms in total. The lowest BCUT2D eigenvalue weighted by Crippen LogP contribution is -2.45. The summed E-state index contributed by atoms with van der Waals surface area (Å²) in [6.45, 7) is 3.28. The highest BCUT2D eigenvalue weighted by Gasteiger charge is 2.54. The Bertz CT molecular complexity index is 790. The van der Waals surface area contributed by atoms with Crippen molar-refractivity contribution in [2.45, 2.75) is 25.6 Å². The number of nitrogens with zero attached hydrogens (tertiary/aromatic N) is 3. The summed E-state index contributed by atoms with van der Waals surface area (Å²) in [4.78, 5) is 11.2. The number of rotatable bonds is 3. The van der Waals surface area contributed by atoms with E-state index < -0.39 is 16.6 Å². The number of hydrogen-bond donors (Lipinski definition) is 1. The standard InChI is InChI=1S/C15H15N3O4S/c1-10-14(13-7-4-8-23-13)17(20)15(2,16(10)19)11-5-3-6-12(9-11)18(21)22/h3-10,19H,1-2H3/t10-,15+/m1/s1. The SMILES string of the molecule is C[C@@H]1C(c2cccs2)=[N+]([O-])[C@@](C)(c2cccc([N+](=O)[O-])c2)N1O. The quantitative estimate of drug-likeness (QED) is 0.403. The summed E-state index contributed by atoms with van der Waals surface area (Å²) in [5, 5.41) is 37.3. The fraction of sp³-hybridized carbons (Fsp3) is 0.267. The summed E-state index contributed by atoms with van der Waals surface area (Å²) in [6, 6.07) is 8.89. The van der Waals surface area contributed by atoms with E-state index in [0.717, 1.165) is 14.7 Å². The van der Waals surface area contributed by atoms with Gasteiger partial charge in [0.15, 0.2) is 0 Å². The molecule has 1 aliphatic rings. The molecule has 0 spiro atoms. The Hall–Kier alpha value is -2.29. The summed E-state index contributed by atoms with van der Waals surface area (Å²) in [7, 11) is 0. The third kappa shape index (κ3) is 2.23. The number of thiophene rings is 1. The van der Waals surface area contributed by atoms with Gasteiger partial charge in [-0.3, -0.25) is 10.1 Å². The molecule has 2 atom stereocenters. The van der Waals surface area contributed by atoms with Crippen LogP contribution in [0.4, 0.5) is 5.69 Å². The maximum absolute atomic E-state index is 12.9. The van der Waals surface area contributed by atoms with Gasteiger partial charge in [-0.1, -0.05) is 12.1 Å². The molecule has 0 amide bonds. The second-order valence-corrected chi connectivity index (χ2v) is 6.45. The van der Waals surface area contributed by atoms with E-state index in [1.807, 2.05) is 17.5 Å². The molecule has 0 aliphatic carbocycles. The Morgan fingerprint density at radius 2 is 2.13 bits per heavy atom. The first-order chi connectivity index (χ1) is 10.9.